The van der Waals surface area contributed by atoms with E-state index in [0.717, 1.165) is 12.1 Å². The molecule has 2 heteroatoms. The lowest BCUT2D eigenvalue weighted by atomic mass is 9.99. The van der Waals surface area contributed by atoms with Gasteiger partial charge in [0.25, 0.3) is 0 Å². The Morgan fingerprint density at radius 3 is 1.53 bits per heavy atom. The Hall–Kier alpha value is -7.42. The first kappa shape index (κ1) is 31.9. The first-order chi connectivity index (χ1) is 28.3. The van der Waals surface area contributed by atoms with Crippen molar-refractivity contribution in [2.24, 2.45) is 0 Å². The zero-order valence-corrected chi connectivity index (χ0v) is 31.2. The van der Waals surface area contributed by atoms with E-state index in [-0.39, 0.29) is 0 Å². The fraction of sp³-hybridized carbons (Fsp3) is 0.0182. The average molecular weight is 725 g/mol. The fourth-order valence-corrected chi connectivity index (χ4v) is 9.51. The van der Waals surface area contributed by atoms with E-state index in [4.69, 9.17) is 0 Å². The van der Waals surface area contributed by atoms with Gasteiger partial charge in [-0.2, -0.15) is 0 Å². The molecule has 0 amide bonds. The van der Waals surface area contributed by atoms with Crippen LogP contribution < -0.4 is 0 Å². The third-order valence-corrected chi connectivity index (χ3v) is 12.1. The van der Waals surface area contributed by atoms with E-state index in [9.17, 15) is 0 Å². The Balaban J connectivity index is 1.06. The van der Waals surface area contributed by atoms with Crippen molar-refractivity contribution in [3.8, 4) is 55.9 Å². The molecule has 1 aliphatic rings. The second kappa shape index (κ2) is 12.6. The van der Waals surface area contributed by atoms with Gasteiger partial charge in [-0.15, -0.1) is 0 Å². The first-order valence-electron chi connectivity index (χ1n) is 19.8. The van der Waals surface area contributed by atoms with Crippen molar-refractivity contribution in [3.63, 3.8) is 0 Å². The molecule has 0 unspecified atom stereocenters. The molecule has 2 heterocycles. The highest BCUT2D eigenvalue weighted by molar-refractivity contribution is 6.16. The van der Waals surface area contributed by atoms with E-state index < -0.39 is 0 Å². The Kier molecular flexibility index (Phi) is 7.02. The summed E-state index contributed by atoms with van der Waals surface area (Å²) in [7, 11) is 0. The molecular formula is C55H36N2. The van der Waals surface area contributed by atoms with Crippen LogP contribution in [-0.2, 0) is 6.42 Å². The minimum absolute atomic E-state index is 0.961. The molecule has 0 spiro atoms. The lowest BCUT2D eigenvalue weighted by Crippen LogP contribution is -1.96. The number of hydrogen-bond acceptors (Lipinski definition) is 0. The van der Waals surface area contributed by atoms with Crippen molar-refractivity contribution in [3.05, 3.63) is 217 Å². The molecule has 0 atom stereocenters. The van der Waals surface area contributed by atoms with Gasteiger partial charge in [0.2, 0.25) is 0 Å². The predicted octanol–water partition coefficient (Wildman–Crippen LogP) is 14.5. The summed E-state index contributed by atoms with van der Waals surface area (Å²) in [6.45, 7) is 0. The van der Waals surface area contributed by atoms with Crippen LogP contribution in [0.5, 0.6) is 0 Å². The van der Waals surface area contributed by atoms with Crippen molar-refractivity contribution in [2.45, 2.75) is 6.42 Å². The van der Waals surface area contributed by atoms with Crippen LogP contribution in [0, 0.1) is 0 Å². The van der Waals surface area contributed by atoms with E-state index in [1.165, 1.54) is 105 Å². The van der Waals surface area contributed by atoms with Gasteiger partial charge in [-0.25, -0.2) is 0 Å². The number of rotatable bonds is 5. The zero-order valence-electron chi connectivity index (χ0n) is 31.2. The molecule has 9 aromatic carbocycles. The highest BCUT2D eigenvalue weighted by atomic mass is 15.0. The summed E-state index contributed by atoms with van der Waals surface area (Å²) in [6.07, 6.45) is 0.961. The largest absolute Gasteiger partial charge is 0.309 e. The van der Waals surface area contributed by atoms with E-state index in [1.807, 2.05) is 0 Å². The van der Waals surface area contributed by atoms with Crippen molar-refractivity contribution < 1.29 is 0 Å². The molecule has 266 valence electrons. The molecule has 0 aliphatic heterocycles. The highest BCUT2D eigenvalue weighted by Gasteiger charge is 2.25. The Morgan fingerprint density at radius 1 is 0.298 bits per heavy atom. The lowest BCUT2D eigenvalue weighted by Gasteiger charge is -2.13. The topological polar surface area (TPSA) is 9.86 Å². The van der Waals surface area contributed by atoms with Gasteiger partial charge in [-0.3, -0.25) is 0 Å². The number of fused-ring (bicyclic) bond motifs is 10. The average Bonchev–Trinajstić information content (AvgIpc) is 3.94. The Morgan fingerprint density at radius 2 is 0.825 bits per heavy atom. The second-order valence-electron chi connectivity index (χ2n) is 15.3. The molecular weight excluding hydrogens is 689 g/mol. The van der Waals surface area contributed by atoms with Crippen LogP contribution in [0.15, 0.2) is 206 Å². The first-order valence-corrected chi connectivity index (χ1v) is 19.8. The minimum atomic E-state index is 0.961. The zero-order chi connectivity index (χ0) is 37.5. The predicted molar refractivity (Wildman–Crippen MR) is 240 cm³/mol. The molecule has 0 saturated heterocycles. The lowest BCUT2D eigenvalue weighted by molar-refractivity contribution is 1.18. The molecule has 57 heavy (non-hydrogen) atoms. The SMILES string of the molecule is c1ccc(-c2cccc(-n3c4ccccc4c4cc(-c5ccc6c(c5)c5ccc7c(c5n6-c5cccc(-c6ccccc6)c5)-c5ccccc5C7)ccc43)c2)cc1. The standard InChI is InChI=1S/C55H36N2/c1-3-13-36(14-4-1)38-18-11-20-44(32-38)56-51-24-10-9-23-47(51)49-34-40(26-29-52(49)56)41-27-30-53-50(35-41)48-28-25-43-31-42-17-7-8-22-46(42)54(43)55(48)57(53)45-21-12-19-39(33-45)37-15-5-2-6-16-37/h1-30,32-35H,31H2. The van der Waals surface area contributed by atoms with Crippen molar-refractivity contribution in [1.82, 2.24) is 9.13 Å². The number of nitrogens with zero attached hydrogens (tertiary/aromatic N) is 2. The van der Waals surface area contributed by atoms with Gasteiger partial charge >= 0.3 is 0 Å². The Labute approximate surface area is 331 Å². The molecule has 2 nitrogen and oxygen atoms in total. The third kappa shape index (κ3) is 4.97. The van der Waals surface area contributed by atoms with E-state index >= 15 is 0 Å². The van der Waals surface area contributed by atoms with Gasteiger partial charge in [0.05, 0.1) is 22.1 Å². The van der Waals surface area contributed by atoms with E-state index in [2.05, 4.69) is 215 Å². The van der Waals surface area contributed by atoms with Crippen LogP contribution in [0.3, 0.4) is 0 Å². The second-order valence-corrected chi connectivity index (χ2v) is 15.3. The van der Waals surface area contributed by atoms with Gasteiger partial charge in [0.1, 0.15) is 0 Å². The maximum absolute atomic E-state index is 2.52. The molecule has 0 saturated carbocycles. The van der Waals surface area contributed by atoms with Gasteiger partial charge in [0, 0.05) is 38.5 Å². The maximum Gasteiger partial charge on any atom is 0.0622 e. The summed E-state index contributed by atoms with van der Waals surface area (Å²) in [5, 5.41) is 5.05. The van der Waals surface area contributed by atoms with Gasteiger partial charge < -0.3 is 9.13 Å². The van der Waals surface area contributed by atoms with Crippen molar-refractivity contribution in [2.75, 3.05) is 0 Å². The molecule has 1 aliphatic carbocycles. The summed E-state index contributed by atoms with van der Waals surface area (Å²) in [4.78, 5) is 0. The van der Waals surface area contributed by atoms with Crippen molar-refractivity contribution >= 4 is 43.6 Å². The summed E-state index contributed by atoms with van der Waals surface area (Å²) >= 11 is 0. The molecule has 0 N–H and O–H groups in total. The fourth-order valence-electron chi connectivity index (χ4n) is 9.51. The summed E-state index contributed by atoms with van der Waals surface area (Å²) in [6, 6.07) is 75.9. The molecule has 2 aromatic heterocycles. The molecule has 11 aromatic rings. The van der Waals surface area contributed by atoms with Crippen LogP contribution in [0.4, 0.5) is 0 Å². The van der Waals surface area contributed by atoms with Crippen LogP contribution in [-0.4, -0.2) is 9.13 Å². The summed E-state index contributed by atoms with van der Waals surface area (Å²) in [5.74, 6) is 0. The quantitative estimate of drug-likeness (QED) is 0.167. The molecule has 12 rings (SSSR count). The van der Waals surface area contributed by atoms with Gasteiger partial charge in [-0.1, -0.05) is 152 Å². The van der Waals surface area contributed by atoms with Gasteiger partial charge in [-0.05, 0) is 111 Å². The number of para-hydroxylation sites is 1. The minimum Gasteiger partial charge on any atom is -0.309 e. The van der Waals surface area contributed by atoms with Crippen LogP contribution in [0.1, 0.15) is 11.1 Å². The summed E-state index contributed by atoms with van der Waals surface area (Å²) < 4.78 is 4.93. The summed E-state index contributed by atoms with van der Waals surface area (Å²) in [5.41, 5.74) is 20.0. The number of benzene rings is 9. The Bertz CT molecular complexity index is 3360. The monoisotopic (exact) mass is 724 g/mol. The van der Waals surface area contributed by atoms with Crippen LogP contribution >= 0.6 is 0 Å². The number of aromatic nitrogens is 2. The van der Waals surface area contributed by atoms with E-state index in [0.29, 0.717) is 0 Å². The normalized spacial score (nSPS) is 12.1. The van der Waals surface area contributed by atoms with Crippen LogP contribution in [0.25, 0.3) is 99.5 Å². The smallest absolute Gasteiger partial charge is 0.0622 e. The van der Waals surface area contributed by atoms with E-state index in [1.54, 1.807) is 0 Å². The maximum atomic E-state index is 2.52. The molecule has 0 bridgehead atoms. The third-order valence-electron chi connectivity index (χ3n) is 12.1. The molecule has 0 fully saturated rings. The number of hydrogen-bond donors (Lipinski definition) is 0. The van der Waals surface area contributed by atoms with Crippen molar-refractivity contribution in [1.29, 1.82) is 0 Å². The molecule has 0 radical (unpaired) electrons. The highest BCUT2D eigenvalue weighted by Crippen LogP contribution is 2.46. The van der Waals surface area contributed by atoms with Gasteiger partial charge in [0.15, 0.2) is 0 Å². The van der Waals surface area contributed by atoms with Crippen LogP contribution in [0.2, 0.25) is 0 Å².